The number of likely N-dealkylation sites (N-methyl/N-ethyl adjacent to an activating group) is 1. The Bertz CT molecular complexity index is 1030. The normalized spacial score (nSPS) is 14.7. The molecule has 3 rings (SSSR count). The minimum atomic E-state index is -3.62. The van der Waals surface area contributed by atoms with Crippen molar-refractivity contribution in [1.82, 2.24) is 13.8 Å². The van der Waals surface area contributed by atoms with Gasteiger partial charge in [-0.2, -0.15) is 4.31 Å². The van der Waals surface area contributed by atoms with E-state index in [9.17, 15) is 18.0 Å². The molecule has 1 aromatic heterocycles. The molecule has 0 radical (unpaired) electrons. The number of hydrogen-bond donors (Lipinski definition) is 1. The lowest BCUT2D eigenvalue weighted by molar-refractivity contribution is -0.116. The number of hydrogen-bond acceptors (Lipinski definition) is 4. The van der Waals surface area contributed by atoms with Crippen LogP contribution in [0.25, 0.3) is 0 Å². The van der Waals surface area contributed by atoms with E-state index in [1.807, 2.05) is 0 Å². The minimum absolute atomic E-state index is 0.0826. The van der Waals surface area contributed by atoms with Gasteiger partial charge in [0.1, 0.15) is 10.6 Å². The van der Waals surface area contributed by atoms with Gasteiger partial charge in [0.15, 0.2) is 0 Å². The van der Waals surface area contributed by atoms with Crippen LogP contribution in [-0.4, -0.2) is 60.7 Å². The number of halogens is 1. The van der Waals surface area contributed by atoms with Crippen LogP contribution in [0.5, 0.6) is 0 Å². The zero-order chi connectivity index (χ0) is 21.2. The molecule has 1 fully saturated rings. The third kappa shape index (κ3) is 4.63. The topological polar surface area (TPSA) is 91.7 Å². The number of rotatable bonds is 6. The molecule has 29 heavy (non-hydrogen) atoms. The van der Waals surface area contributed by atoms with Crippen molar-refractivity contribution < 1.29 is 18.0 Å². The Balaban J connectivity index is 1.70. The molecule has 2 heterocycles. The molecule has 2 aromatic rings. The zero-order valence-corrected chi connectivity index (χ0v) is 17.8. The van der Waals surface area contributed by atoms with Crippen LogP contribution in [0.3, 0.4) is 0 Å². The van der Waals surface area contributed by atoms with Gasteiger partial charge in [0.05, 0.1) is 17.3 Å². The molecule has 0 spiro atoms. The predicted molar refractivity (Wildman–Crippen MR) is 110 cm³/mol. The summed E-state index contributed by atoms with van der Waals surface area (Å²) in [6.45, 7) is 0.773. The summed E-state index contributed by atoms with van der Waals surface area (Å²) in [6.07, 6.45) is 3.10. The third-order valence-corrected chi connectivity index (χ3v) is 6.97. The predicted octanol–water partition coefficient (Wildman–Crippen LogP) is 2.17. The second-order valence-electron chi connectivity index (χ2n) is 6.97. The minimum Gasteiger partial charge on any atom is -0.345 e. The van der Waals surface area contributed by atoms with E-state index in [-0.39, 0.29) is 17.1 Å². The fourth-order valence-corrected chi connectivity index (χ4v) is 4.97. The molecule has 156 valence electrons. The largest absolute Gasteiger partial charge is 0.345 e. The summed E-state index contributed by atoms with van der Waals surface area (Å²) in [7, 11) is -0.533. The van der Waals surface area contributed by atoms with Gasteiger partial charge in [0, 0.05) is 33.4 Å². The molecule has 10 heteroatoms. The van der Waals surface area contributed by atoms with E-state index in [0.29, 0.717) is 23.8 Å². The Kier molecular flexibility index (Phi) is 6.30. The highest BCUT2D eigenvalue weighted by molar-refractivity contribution is 7.89. The van der Waals surface area contributed by atoms with Crippen LogP contribution in [0.15, 0.2) is 41.4 Å². The molecule has 2 amide bonds. The second-order valence-corrected chi connectivity index (χ2v) is 9.32. The van der Waals surface area contributed by atoms with Crippen molar-refractivity contribution in [1.29, 1.82) is 0 Å². The van der Waals surface area contributed by atoms with Crippen molar-refractivity contribution in [3.05, 3.63) is 47.2 Å². The first-order chi connectivity index (χ1) is 13.7. The summed E-state index contributed by atoms with van der Waals surface area (Å²) >= 11 is 6.02. The molecule has 8 nitrogen and oxygen atoms in total. The SMILES string of the molecule is CN(CC(=O)Nc1ccccc1Cl)C(=O)c1cc(S(=O)(=O)N2CCCC2)cn1C. The Morgan fingerprint density at radius 2 is 1.86 bits per heavy atom. The van der Waals surface area contributed by atoms with Crippen molar-refractivity contribution >= 4 is 39.1 Å². The molecule has 0 atom stereocenters. The van der Waals surface area contributed by atoms with Gasteiger partial charge in [-0.3, -0.25) is 9.59 Å². The number of para-hydroxylation sites is 1. The maximum Gasteiger partial charge on any atom is 0.270 e. The van der Waals surface area contributed by atoms with Crippen molar-refractivity contribution in [2.75, 3.05) is 32.0 Å². The Hall–Kier alpha value is -2.36. The van der Waals surface area contributed by atoms with Crippen molar-refractivity contribution in [2.24, 2.45) is 7.05 Å². The average Bonchev–Trinajstić information content (AvgIpc) is 3.33. The van der Waals surface area contributed by atoms with Gasteiger partial charge in [-0.25, -0.2) is 8.42 Å². The average molecular weight is 439 g/mol. The molecule has 0 bridgehead atoms. The first-order valence-corrected chi connectivity index (χ1v) is 11.0. The van der Waals surface area contributed by atoms with Gasteiger partial charge >= 0.3 is 0 Å². The molecular formula is C19H23ClN4O4S. The number of nitrogens with one attached hydrogen (secondary N) is 1. The van der Waals surface area contributed by atoms with Crippen LogP contribution < -0.4 is 5.32 Å². The van der Waals surface area contributed by atoms with Gasteiger partial charge in [-0.05, 0) is 31.0 Å². The summed E-state index contributed by atoms with van der Waals surface area (Å²) in [5.41, 5.74) is 0.647. The lowest BCUT2D eigenvalue weighted by Crippen LogP contribution is -2.35. The van der Waals surface area contributed by atoms with Crippen LogP contribution in [0, 0.1) is 0 Å². The third-order valence-electron chi connectivity index (χ3n) is 4.78. The van der Waals surface area contributed by atoms with Gasteiger partial charge in [0.2, 0.25) is 15.9 Å². The monoisotopic (exact) mass is 438 g/mol. The first-order valence-electron chi connectivity index (χ1n) is 9.16. The molecule has 1 aliphatic heterocycles. The second kappa shape index (κ2) is 8.56. The fraction of sp³-hybridized carbons (Fsp3) is 0.368. The summed E-state index contributed by atoms with van der Waals surface area (Å²) in [6, 6.07) is 8.16. The van der Waals surface area contributed by atoms with E-state index < -0.39 is 21.8 Å². The van der Waals surface area contributed by atoms with Gasteiger partial charge in [-0.15, -0.1) is 0 Å². The highest BCUT2D eigenvalue weighted by atomic mass is 35.5. The smallest absolute Gasteiger partial charge is 0.270 e. The molecule has 1 saturated heterocycles. The van der Waals surface area contributed by atoms with Crippen molar-refractivity contribution in [3.8, 4) is 0 Å². The Morgan fingerprint density at radius 3 is 2.52 bits per heavy atom. The first kappa shape index (κ1) is 21.4. The van der Waals surface area contributed by atoms with E-state index in [2.05, 4.69) is 5.32 Å². The molecule has 0 saturated carbocycles. The van der Waals surface area contributed by atoms with Gasteiger partial charge < -0.3 is 14.8 Å². The summed E-state index contributed by atoms with van der Waals surface area (Å²) < 4.78 is 28.3. The number of anilines is 1. The van der Waals surface area contributed by atoms with Crippen LogP contribution in [0.2, 0.25) is 5.02 Å². The standard InChI is InChI=1S/C19H23ClN4O4S/c1-22-12-14(29(27,28)24-9-5-6-10-24)11-17(22)19(26)23(2)13-18(25)21-16-8-4-3-7-15(16)20/h3-4,7-8,11-12H,5-6,9-10,13H2,1-2H3,(H,21,25). The number of benzene rings is 1. The zero-order valence-electron chi connectivity index (χ0n) is 16.3. The van der Waals surface area contributed by atoms with E-state index in [1.54, 1.807) is 31.3 Å². The Morgan fingerprint density at radius 1 is 1.21 bits per heavy atom. The van der Waals surface area contributed by atoms with Crippen LogP contribution >= 0.6 is 11.6 Å². The maximum absolute atomic E-state index is 12.8. The number of aromatic nitrogens is 1. The van der Waals surface area contributed by atoms with E-state index in [0.717, 1.165) is 12.8 Å². The molecule has 1 N–H and O–H groups in total. The fourth-order valence-electron chi connectivity index (χ4n) is 3.20. The highest BCUT2D eigenvalue weighted by Crippen LogP contribution is 2.23. The van der Waals surface area contributed by atoms with E-state index >= 15 is 0 Å². The Labute approximate surface area is 175 Å². The summed E-state index contributed by atoms with van der Waals surface area (Å²) in [5, 5.41) is 3.05. The van der Waals surface area contributed by atoms with Crippen molar-refractivity contribution in [2.45, 2.75) is 17.7 Å². The molecular weight excluding hydrogens is 416 g/mol. The number of aryl methyl sites for hydroxylation is 1. The molecule has 0 aliphatic carbocycles. The number of carbonyl (C=O) groups excluding carboxylic acids is 2. The number of sulfonamides is 1. The van der Waals surface area contributed by atoms with Crippen LogP contribution in [0.1, 0.15) is 23.3 Å². The lowest BCUT2D eigenvalue weighted by Gasteiger charge is -2.17. The number of nitrogens with zero attached hydrogens (tertiary/aromatic N) is 3. The van der Waals surface area contributed by atoms with Crippen LogP contribution in [0.4, 0.5) is 5.69 Å². The number of carbonyl (C=O) groups is 2. The molecule has 0 unspecified atom stereocenters. The quantitative estimate of drug-likeness (QED) is 0.748. The van der Waals surface area contributed by atoms with Crippen LogP contribution in [-0.2, 0) is 21.9 Å². The van der Waals surface area contributed by atoms with Gasteiger partial charge in [-0.1, -0.05) is 23.7 Å². The number of amides is 2. The van der Waals surface area contributed by atoms with Gasteiger partial charge in [0.25, 0.3) is 5.91 Å². The lowest BCUT2D eigenvalue weighted by atomic mass is 10.3. The van der Waals surface area contributed by atoms with E-state index in [4.69, 9.17) is 11.6 Å². The summed E-state index contributed by atoms with van der Waals surface area (Å²) in [4.78, 5) is 26.3. The van der Waals surface area contributed by atoms with Crippen molar-refractivity contribution in [3.63, 3.8) is 0 Å². The highest BCUT2D eigenvalue weighted by Gasteiger charge is 2.30. The molecule has 1 aromatic carbocycles. The maximum atomic E-state index is 12.8. The molecule has 1 aliphatic rings. The van der Waals surface area contributed by atoms with E-state index in [1.165, 1.54) is 33.1 Å². The summed E-state index contributed by atoms with van der Waals surface area (Å²) in [5.74, 6) is -0.863.